The number of halogens is 2. The lowest BCUT2D eigenvalue weighted by molar-refractivity contribution is -0.119. The summed E-state index contributed by atoms with van der Waals surface area (Å²) >= 11 is 6.47. The molecule has 0 bridgehead atoms. The quantitative estimate of drug-likeness (QED) is 0.482. The fourth-order valence-corrected chi connectivity index (χ4v) is 6.00. The van der Waals surface area contributed by atoms with Crippen LogP contribution in [0.3, 0.4) is 0 Å². The van der Waals surface area contributed by atoms with Crippen molar-refractivity contribution in [1.82, 2.24) is 5.32 Å². The number of hydrogen-bond donors (Lipinski definition) is 1. The number of ether oxygens (including phenoxy) is 1. The maximum absolute atomic E-state index is 13.6. The lowest BCUT2D eigenvalue weighted by atomic mass is 9.64. The van der Waals surface area contributed by atoms with E-state index in [1.165, 1.54) is 12.1 Å². The topological polar surface area (TPSA) is 55.4 Å². The molecule has 1 aliphatic heterocycles. The first-order chi connectivity index (χ1) is 16.9. The van der Waals surface area contributed by atoms with Crippen molar-refractivity contribution in [2.75, 3.05) is 0 Å². The first-order valence-electron chi connectivity index (χ1n) is 12.4. The number of allylic oxidation sites excluding steroid dienone is 4. The van der Waals surface area contributed by atoms with Crippen LogP contribution in [0, 0.1) is 16.6 Å². The molecule has 0 saturated carbocycles. The van der Waals surface area contributed by atoms with Crippen molar-refractivity contribution in [2.24, 2.45) is 10.8 Å². The zero-order chi connectivity index (χ0) is 25.8. The van der Waals surface area contributed by atoms with Gasteiger partial charge in [0.15, 0.2) is 11.6 Å². The van der Waals surface area contributed by atoms with Gasteiger partial charge in [0.2, 0.25) is 0 Å². The average Bonchev–Trinajstić information content (AvgIpc) is 2.76. The van der Waals surface area contributed by atoms with Crippen LogP contribution in [0.2, 0.25) is 5.02 Å². The highest BCUT2D eigenvalue weighted by atomic mass is 35.5. The third kappa shape index (κ3) is 4.73. The molecule has 2 aromatic rings. The largest absolute Gasteiger partial charge is 0.489 e. The second-order valence-corrected chi connectivity index (χ2v) is 12.3. The number of dihydropyridines is 1. The van der Waals surface area contributed by atoms with Crippen LogP contribution in [-0.4, -0.2) is 11.6 Å². The first-order valence-corrected chi connectivity index (χ1v) is 12.8. The van der Waals surface area contributed by atoms with E-state index in [9.17, 15) is 14.0 Å². The summed E-state index contributed by atoms with van der Waals surface area (Å²) in [7, 11) is 0. The molecule has 0 saturated heterocycles. The van der Waals surface area contributed by atoms with Crippen molar-refractivity contribution >= 4 is 23.2 Å². The number of benzene rings is 2. The smallest absolute Gasteiger partial charge is 0.162 e. The molecule has 0 unspecified atom stereocenters. The highest BCUT2D eigenvalue weighted by molar-refractivity contribution is 6.30. The minimum Gasteiger partial charge on any atom is -0.489 e. The normalized spacial score (nSPS) is 21.2. The summed E-state index contributed by atoms with van der Waals surface area (Å²) in [5, 5.41) is 4.04. The summed E-state index contributed by atoms with van der Waals surface area (Å²) in [5.74, 6) is -0.188. The SMILES string of the molecule is CC1(C)CC(=O)C2=C(C1)NC1=C(C(=O)CC(C)(C)C1)C2c1cc(Cl)ccc1OCc1ccc(F)cc1. The van der Waals surface area contributed by atoms with Gasteiger partial charge in [-0.1, -0.05) is 51.4 Å². The maximum Gasteiger partial charge on any atom is 0.162 e. The molecule has 0 aromatic heterocycles. The Morgan fingerprint density at radius 1 is 0.889 bits per heavy atom. The number of carbonyl (C=O) groups is 2. The summed E-state index contributed by atoms with van der Waals surface area (Å²) in [4.78, 5) is 27.2. The van der Waals surface area contributed by atoms with Gasteiger partial charge >= 0.3 is 0 Å². The summed E-state index contributed by atoms with van der Waals surface area (Å²) in [6.45, 7) is 8.62. The van der Waals surface area contributed by atoms with Crippen LogP contribution in [-0.2, 0) is 16.2 Å². The minimum atomic E-state index is -0.537. The van der Waals surface area contributed by atoms with Crippen LogP contribution in [0.1, 0.15) is 70.4 Å². The third-order valence-electron chi connectivity index (χ3n) is 7.31. The highest BCUT2D eigenvalue weighted by Crippen LogP contribution is 2.52. The van der Waals surface area contributed by atoms with E-state index < -0.39 is 5.92 Å². The van der Waals surface area contributed by atoms with Crippen LogP contribution >= 0.6 is 11.6 Å². The summed E-state index contributed by atoms with van der Waals surface area (Å²) < 4.78 is 19.6. The highest BCUT2D eigenvalue weighted by Gasteiger charge is 2.47. The van der Waals surface area contributed by atoms with Gasteiger partial charge in [-0.25, -0.2) is 4.39 Å². The van der Waals surface area contributed by atoms with Crippen molar-refractivity contribution in [3.05, 3.63) is 87.0 Å². The van der Waals surface area contributed by atoms with Gasteiger partial charge in [0.05, 0.1) is 0 Å². The number of carbonyl (C=O) groups excluding carboxylic acids is 2. The predicted molar refractivity (Wildman–Crippen MR) is 138 cm³/mol. The van der Waals surface area contributed by atoms with Crippen LogP contribution in [0.5, 0.6) is 5.75 Å². The van der Waals surface area contributed by atoms with E-state index in [1.54, 1.807) is 24.3 Å². The standard InChI is InChI=1S/C30H31ClFNO3/c1-29(2)12-21-27(23(34)14-29)26(28-22(33-21)13-30(3,4)15-24(28)35)20-11-18(31)7-10-25(20)36-16-17-5-8-19(32)9-6-17/h5-11,26,33H,12-16H2,1-4H3. The molecule has 4 nitrogen and oxygen atoms in total. The molecule has 0 radical (unpaired) electrons. The molecule has 5 rings (SSSR count). The second kappa shape index (κ2) is 8.88. The number of rotatable bonds is 4. The summed E-state index contributed by atoms with van der Waals surface area (Å²) in [6.07, 6.45) is 2.28. The molecule has 3 aliphatic rings. The van der Waals surface area contributed by atoms with Crippen molar-refractivity contribution < 1.29 is 18.7 Å². The Morgan fingerprint density at radius 3 is 2.00 bits per heavy atom. The van der Waals surface area contributed by atoms with Gasteiger partial charge in [0, 0.05) is 51.9 Å². The van der Waals surface area contributed by atoms with E-state index in [4.69, 9.17) is 16.3 Å². The summed E-state index contributed by atoms with van der Waals surface area (Å²) in [5.41, 5.74) is 4.28. The molecule has 6 heteroatoms. The van der Waals surface area contributed by atoms with E-state index in [-0.39, 0.29) is 34.8 Å². The maximum atomic E-state index is 13.6. The second-order valence-electron chi connectivity index (χ2n) is 11.8. The van der Waals surface area contributed by atoms with Crippen LogP contribution in [0.4, 0.5) is 4.39 Å². The average molecular weight is 508 g/mol. The molecule has 0 spiro atoms. The molecule has 188 valence electrons. The molecule has 36 heavy (non-hydrogen) atoms. The van der Waals surface area contributed by atoms with E-state index >= 15 is 0 Å². The van der Waals surface area contributed by atoms with Crippen LogP contribution in [0.15, 0.2) is 65.0 Å². The number of Topliss-reactive ketones (excluding diaryl/α,β-unsaturated/α-hetero) is 2. The van der Waals surface area contributed by atoms with E-state index in [2.05, 4.69) is 33.0 Å². The van der Waals surface area contributed by atoms with Crippen LogP contribution in [0.25, 0.3) is 0 Å². The van der Waals surface area contributed by atoms with Crippen molar-refractivity contribution in [1.29, 1.82) is 0 Å². The Morgan fingerprint density at radius 2 is 1.44 bits per heavy atom. The number of ketones is 2. The predicted octanol–water partition coefficient (Wildman–Crippen LogP) is 7.03. The van der Waals surface area contributed by atoms with E-state index in [0.717, 1.165) is 29.8 Å². The molecule has 1 heterocycles. The Labute approximate surface area is 216 Å². The zero-order valence-electron chi connectivity index (χ0n) is 21.1. The van der Waals surface area contributed by atoms with Gasteiger partial charge in [0.25, 0.3) is 0 Å². The van der Waals surface area contributed by atoms with Gasteiger partial charge in [-0.15, -0.1) is 0 Å². The number of nitrogens with one attached hydrogen (secondary N) is 1. The molecule has 0 atom stereocenters. The Bertz CT molecular complexity index is 1270. The lowest BCUT2D eigenvalue weighted by Crippen LogP contribution is -2.42. The minimum absolute atomic E-state index is 0.0485. The number of hydrogen-bond acceptors (Lipinski definition) is 4. The van der Waals surface area contributed by atoms with Crippen molar-refractivity contribution in [3.8, 4) is 5.75 Å². The van der Waals surface area contributed by atoms with Gasteiger partial charge in [-0.3, -0.25) is 9.59 Å². The fraction of sp³-hybridized carbons (Fsp3) is 0.400. The third-order valence-corrected chi connectivity index (χ3v) is 7.54. The monoisotopic (exact) mass is 507 g/mol. The summed E-state index contributed by atoms with van der Waals surface area (Å²) in [6, 6.07) is 11.5. The van der Waals surface area contributed by atoms with Gasteiger partial charge in [-0.2, -0.15) is 0 Å². The molecule has 1 N–H and O–H groups in total. The fourth-order valence-electron chi connectivity index (χ4n) is 5.82. The first kappa shape index (κ1) is 24.8. The van der Waals surface area contributed by atoms with E-state index in [1.807, 2.05) is 6.07 Å². The van der Waals surface area contributed by atoms with Crippen molar-refractivity contribution in [3.63, 3.8) is 0 Å². The van der Waals surface area contributed by atoms with Gasteiger partial charge in [-0.05, 0) is 59.6 Å². The molecule has 2 aliphatic carbocycles. The molecule has 0 fully saturated rings. The molecule has 0 amide bonds. The van der Waals surface area contributed by atoms with E-state index in [0.29, 0.717) is 40.3 Å². The Hall–Kier alpha value is -2.92. The lowest BCUT2D eigenvalue weighted by Gasteiger charge is -2.44. The van der Waals surface area contributed by atoms with Gasteiger partial charge in [0.1, 0.15) is 18.2 Å². The van der Waals surface area contributed by atoms with Gasteiger partial charge < -0.3 is 10.1 Å². The molecular weight excluding hydrogens is 477 g/mol. The Balaban J connectivity index is 1.63. The van der Waals surface area contributed by atoms with Crippen LogP contribution < -0.4 is 10.1 Å². The molecular formula is C30H31ClFNO3. The van der Waals surface area contributed by atoms with Crippen molar-refractivity contribution in [2.45, 2.75) is 65.9 Å². The Kier molecular flexibility index (Phi) is 6.11. The molecule has 2 aromatic carbocycles. The zero-order valence-corrected chi connectivity index (χ0v) is 21.9.